The Morgan fingerprint density at radius 1 is 1.36 bits per heavy atom. The van der Waals surface area contributed by atoms with Crippen molar-refractivity contribution in [3.05, 3.63) is 35.4 Å². The van der Waals surface area contributed by atoms with Gasteiger partial charge in [-0.1, -0.05) is 38.1 Å². The van der Waals surface area contributed by atoms with Gasteiger partial charge in [-0.25, -0.2) is 4.79 Å². The van der Waals surface area contributed by atoms with Crippen molar-refractivity contribution in [1.82, 2.24) is 10.2 Å². The molecule has 1 aromatic rings. The zero-order valence-electron chi connectivity index (χ0n) is 13.5. The van der Waals surface area contributed by atoms with Crippen LogP contribution in [0.25, 0.3) is 0 Å². The molecule has 2 amide bonds. The first kappa shape index (κ1) is 15.3. The van der Waals surface area contributed by atoms with Crippen LogP contribution in [0.2, 0.25) is 0 Å². The van der Waals surface area contributed by atoms with Crippen LogP contribution < -0.4 is 5.32 Å². The minimum Gasteiger partial charge on any atom is -0.396 e. The summed E-state index contributed by atoms with van der Waals surface area (Å²) in [5.74, 6) is 0.439. The third-order valence-corrected chi connectivity index (χ3v) is 5.42. The van der Waals surface area contributed by atoms with Crippen LogP contribution in [0.5, 0.6) is 0 Å². The molecule has 0 aromatic heterocycles. The van der Waals surface area contributed by atoms with E-state index in [1.807, 2.05) is 11.0 Å². The number of piperidine rings is 1. The van der Waals surface area contributed by atoms with Gasteiger partial charge in [0.05, 0.1) is 6.04 Å². The van der Waals surface area contributed by atoms with Crippen LogP contribution in [0.3, 0.4) is 0 Å². The minimum absolute atomic E-state index is 0.0238. The average Bonchev–Trinajstić information content (AvgIpc) is 2.84. The summed E-state index contributed by atoms with van der Waals surface area (Å²) in [7, 11) is 0. The van der Waals surface area contributed by atoms with Crippen molar-refractivity contribution in [2.75, 3.05) is 19.7 Å². The van der Waals surface area contributed by atoms with Gasteiger partial charge in [0, 0.05) is 19.7 Å². The molecular weight excluding hydrogens is 276 g/mol. The van der Waals surface area contributed by atoms with Crippen molar-refractivity contribution in [3.8, 4) is 0 Å². The molecule has 1 aromatic carbocycles. The number of likely N-dealkylation sites (tertiary alicyclic amines) is 1. The lowest BCUT2D eigenvalue weighted by atomic mass is 9.81. The van der Waals surface area contributed by atoms with Crippen LogP contribution in [0.4, 0.5) is 4.79 Å². The van der Waals surface area contributed by atoms with Gasteiger partial charge < -0.3 is 15.3 Å². The summed E-state index contributed by atoms with van der Waals surface area (Å²) in [5, 5.41) is 12.7. The molecule has 2 aliphatic rings. The Balaban J connectivity index is 1.63. The van der Waals surface area contributed by atoms with Crippen LogP contribution in [0.1, 0.15) is 43.9 Å². The molecule has 2 unspecified atom stereocenters. The number of carbonyl (C=O) groups is 1. The molecule has 1 saturated heterocycles. The second-order valence-electron chi connectivity index (χ2n) is 7.26. The number of hydrogen-bond acceptors (Lipinski definition) is 2. The molecule has 0 bridgehead atoms. The van der Waals surface area contributed by atoms with Crippen LogP contribution in [-0.2, 0) is 6.42 Å². The Labute approximate surface area is 132 Å². The van der Waals surface area contributed by atoms with Crippen molar-refractivity contribution in [3.63, 3.8) is 0 Å². The predicted octanol–water partition coefficient (Wildman–Crippen LogP) is 2.72. The van der Waals surface area contributed by atoms with E-state index in [1.165, 1.54) is 11.1 Å². The lowest BCUT2D eigenvalue weighted by molar-refractivity contribution is 0.0690. The first-order valence-electron chi connectivity index (χ1n) is 8.26. The number of benzene rings is 1. The van der Waals surface area contributed by atoms with Crippen LogP contribution >= 0.6 is 0 Å². The highest BCUT2D eigenvalue weighted by atomic mass is 16.3. The van der Waals surface area contributed by atoms with E-state index in [9.17, 15) is 9.90 Å². The van der Waals surface area contributed by atoms with E-state index in [2.05, 4.69) is 37.4 Å². The van der Waals surface area contributed by atoms with E-state index in [0.29, 0.717) is 5.92 Å². The Morgan fingerprint density at radius 3 is 2.73 bits per heavy atom. The van der Waals surface area contributed by atoms with Crippen molar-refractivity contribution in [2.45, 2.75) is 39.2 Å². The van der Waals surface area contributed by atoms with Gasteiger partial charge in [-0.3, -0.25) is 0 Å². The summed E-state index contributed by atoms with van der Waals surface area (Å²) in [4.78, 5) is 14.5. The van der Waals surface area contributed by atoms with Gasteiger partial charge in [-0.05, 0) is 41.7 Å². The highest BCUT2D eigenvalue weighted by Gasteiger charge is 2.34. The number of fused-ring (bicyclic) bond motifs is 1. The number of carbonyl (C=O) groups excluding carboxylic acids is 1. The Morgan fingerprint density at radius 2 is 2.05 bits per heavy atom. The standard InChI is InChI=1S/C18H26N2O2/c1-13-11-14-5-3-4-6-15(14)16(13)19-17(22)20-9-7-18(2,12-21)8-10-20/h3-6,13,16,21H,7-12H2,1-2H3,(H,19,22). The summed E-state index contributed by atoms with van der Waals surface area (Å²) >= 11 is 0. The van der Waals surface area contributed by atoms with Crippen molar-refractivity contribution in [1.29, 1.82) is 0 Å². The SMILES string of the molecule is CC1Cc2ccccc2C1NC(=O)N1CCC(C)(CO)CC1. The van der Waals surface area contributed by atoms with E-state index in [-0.39, 0.29) is 24.1 Å². The van der Waals surface area contributed by atoms with Gasteiger partial charge in [-0.2, -0.15) is 0 Å². The summed E-state index contributed by atoms with van der Waals surface area (Å²) in [6.45, 7) is 5.95. The highest BCUT2D eigenvalue weighted by molar-refractivity contribution is 5.75. The Hall–Kier alpha value is -1.55. The van der Waals surface area contributed by atoms with Crippen LogP contribution in [0, 0.1) is 11.3 Å². The van der Waals surface area contributed by atoms with Crippen molar-refractivity contribution in [2.24, 2.45) is 11.3 Å². The van der Waals surface area contributed by atoms with E-state index in [0.717, 1.165) is 32.4 Å². The third-order valence-electron chi connectivity index (χ3n) is 5.42. The van der Waals surface area contributed by atoms with Crippen molar-refractivity contribution >= 4 is 6.03 Å². The second kappa shape index (κ2) is 5.92. The maximum Gasteiger partial charge on any atom is 0.317 e. The minimum atomic E-state index is -0.0238. The Kier molecular flexibility index (Phi) is 4.13. The van der Waals surface area contributed by atoms with Gasteiger partial charge in [0.2, 0.25) is 0 Å². The zero-order chi connectivity index (χ0) is 15.7. The van der Waals surface area contributed by atoms with Gasteiger partial charge in [-0.15, -0.1) is 0 Å². The fourth-order valence-corrected chi connectivity index (χ4v) is 3.65. The number of aliphatic hydroxyl groups is 1. The molecule has 2 atom stereocenters. The largest absolute Gasteiger partial charge is 0.396 e. The molecule has 1 aliphatic carbocycles. The quantitative estimate of drug-likeness (QED) is 0.882. The predicted molar refractivity (Wildman–Crippen MR) is 86.6 cm³/mol. The normalized spacial score (nSPS) is 26.6. The van der Waals surface area contributed by atoms with Gasteiger partial charge >= 0.3 is 6.03 Å². The number of hydrogen-bond donors (Lipinski definition) is 2. The molecule has 1 aliphatic heterocycles. The Bertz CT molecular complexity index is 550. The van der Waals surface area contributed by atoms with Gasteiger partial charge in [0.15, 0.2) is 0 Å². The molecule has 0 spiro atoms. The van der Waals surface area contributed by atoms with Gasteiger partial charge in [0.25, 0.3) is 0 Å². The van der Waals surface area contributed by atoms with E-state index < -0.39 is 0 Å². The number of nitrogens with one attached hydrogen (secondary N) is 1. The molecule has 0 radical (unpaired) electrons. The highest BCUT2D eigenvalue weighted by Crippen LogP contribution is 2.36. The number of aliphatic hydroxyl groups excluding tert-OH is 1. The lowest BCUT2D eigenvalue weighted by Gasteiger charge is -2.38. The summed E-state index contributed by atoms with van der Waals surface area (Å²) in [6, 6.07) is 8.55. The van der Waals surface area contributed by atoms with Gasteiger partial charge in [0.1, 0.15) is 0 Å². The topological polar surface area (TPSA) is 52.6 Å². The smallest absolute Gasteiger partial charge is 0.317 e. The fourth-order valence-electron chi connectivity index (χ4n) is 3.65. The first-order chi connectivity index (χ1) is 10.5. The second-order valence-corrected chi connectivity index (χ2v) is 7.26. The average molecular weight is 302 g/mol. The molecule has 1 heterocycles. The maximum atomic E-state index is 12.6. The number of amides is 2. The molecular formula is C18H26N2O2. The molecule has 4 heteroatoms. The summed E-state index contributed by atoms with van der Waals surface area (Å²) in [5.41, 5.74) is 2.59. The maximum absolute atomic E-state index is 12.6. The molecule has 2 N–H and O–H groups in total. The van der Waals surface area contributed by atoms with Crippen molar-refractivity contribution < 1.29 is 9.90 Å². The van der Waals surface area contributed by atoms with E-state index >= 15 is 0 Å². The first-order valence-corrected chi connectivity index (χ1v) is 8.26. The molecule has 3 rings (SSSR count). The molecule has 120 valence electrons. The molecule has 4 nitrogen and oxygen atoms in total. The zero-order valence-corrected chi connectivity index (χ0v) is 13.5. The van der Waals surface area contributed by atoms with Crippen LogP contribution in [0.15, 0.2) is 24.3 Å². The molecule has 22 heavy (non-hydrogen) atoms. The third kappa shape index (κ3) is 2.84. The van der Waals surface area contributed by atoms with E-state index in [1.54, 1.807) is 0 Å². The monoisotopic (exact) mass is 302 g/mol. The van der Waals surface area contributed by atoms with Crippen LogP contribution in [-0.4, -0.2) is 35.7 Å². The molecule has 1 fully saturated rings. The van der Waals surface area contributed by atoms with E-state index in [4.69, 9.17) is 0 Å². The summed E-state index contributed by atoms with van der Waals surface area (Å²) < 4.78 is 0. The number of nitrogens with zero attached hydrogens (tertiary/aromatic N) is 1. The number of urea groups is 1. The lowest BCUT2D eigenvalue weighted by Crippen LogP contribution is -2.48. The molecule has 0 saturated carbocycles. The fraction of sp³-hybridized carbons (Fsp3) is 0.611. The number of rotatable bonds is 2. The summed E-state index contributed by atoms with van der Waals surface area (Å²) in [6.07, 6.45) is 2.77.